The topological polar surface area (TPSA) is 89.7 Å². The Bertz CT molecular complexity index is 267. The van der Waals surface area contributed by atoms with Gasteiger partial charge in [0.05, 0.1) is 0 Å². The van der Waals surface area contributed by atoms with E-state index in [2.05, 4.69) is 9.92 Å². The molecule has 1 aliphatic rings. The van der Waals surface area contributed by atoms with Gasteiger partial charge in [-0.15, -0.1) is 0 Å². The lowest BCUT2D eigenvalue weighted by molar-refractivity contribution is 0.207. The van der Waals surface area contributed by atoms with Crippen LogP contribution in [-0.4, -0.2) is 31.9 Å². The molecule has 1 heterocycles. The number of amides is 1. The van der Waals surface area contributed by atoms with Crippen LogP contribution in [0.25, 0.3) is 0 Å². The van der Waals surface area contributed by atoms with Gasteiger partial charge in [-0.1, -0.05) is 0 Å². The average Bonchev–Trinajstić information content (AvgIpc) is 2.32. The molecule has 1 fully saturated rings. The van der Waals surface area contributed by atoms with Crippen molar-refractivity contribution in [2.75, 3.05) is 13.1 Å². The van der Waals surface area contributed by atoms with Crippen LogP contribution in [0.5, 0.6) is 0 Å². The first-order chi connectivity index (χ1) is 5.52. The van der Waals surface area contributed by atoms with Crippen LogP contribution in [0, 0.1) is 0 Å². The maximum absolute atomic E-state index is 11.0. The summed E-state index contributed by atoms with van der Waals surface area (Å²) >= 11 is 0. The van der Waals surface area contributed by atoms with Gasteiger partial charge in [0.1, 0.15) is 0 Å². The standard InChI is InChI=1S/C5H10N2O4S/c6-5(8)11-12(9,10)7-3-1-2-4-7/h1-4H2,(H2,6,8). The Labute approximate surface area is 70.5 Å². The molecule has 1 amide bonds. The molecule has 0 aromatic heterocycles. The zero-order valence-corrected chi connectivity index (χ0v) is 7.21. The van der Waals surface area contributed by atoms with Gasteiger partial charge in [0.25, 0.3) is 0 Å². The Balaban J connectivity index is 2.64. The van der Waals surface area contributed by atoms with Crippen molar-refractivity contribution in [3.05, 3.63) is 0 Å². The van der Waals surface area contributed by atoms with Gasteiger partial charge in [-0.3, -0.25) is 0 Å². The summed E-state index contributed by atoms with van der Waals surface area (Å²) in [6.07, 6.45) is 0.296. The summed E-state index contributed by atoms with van der Waals surface area (Å²) in [4.78, 5) is 10.2. The highest BCUT2D eigenvalue weighted by atomic mass is 32.2. The number of hydrogen-bond acceptors (Lipinski definition) is 4. The third-order valence-corrected chi connectivity index (χ3v) is 2.94. The molecule has 0 radical (unpaired) electrons. The zero-order chi connectivity index (χ0) is 9.19. The number of primary amides is 1. The van der Waals surface area contributed by atoms with E-state index in [1.807, 2.05) is 0 Å². The van der Waals surface area contributed by atoms with Gasteiger partial charge in [0.2, 0.25) is 0 Å². The van der Waals surface area contributed by atoms with Crippen LogP contribution in [0.2, 0.25) is 0 Å². The molecular weight excluding hydrogens is 184 g/mol. The van der Waals surface area contributed by atoms with Crippen molar-refractivity contribution in [2.24, 2.45) is 5.73 Å². The van der Waals surface area contributed by atoms with Crippen molar-refractivity contribution in [3.63, 3.8) is 0 Å². The van der Waals surface area contributed by atoms with Gasteiger partial charge >= 0.3 is 16.4 Å². The summed E-state index contributed by atoms with van der Waals surface area (Å²) in [6.45, 7) is 0.797. The second-order valence-electron chi connectivity index (χ2n) is 2.47. The van der Waals surface area contributed by atoms with Crippen LogP contribution >= 0.6 is 0 Å². The summed E-state index contributed by atoms with van der Waals surface area (Å²) < 4.78 is 27.1. The molecule has 70 valence electrons. The molecule has 0 atom stereocenters. The summed E-state index contributed by atoms with van der Waals surface area (Å²) in [5.74, 6) is 0. The van der Waals surface area contributed by atoms with Crippen LogP contribution < -0.4 is 5.73 Å². The molecule has 6 nitrogen and oxygen atoms in total. The Morgan fingerprint density at radius 1 is 1.33 bits per heavy atom. The predicted molar refractivity (Wildman–Crippen MR) is 40.4 cm³/mol. The van der Waals surface area contributed by atoms with E-state index in [0.717, 1.165) is 17.1 Å². The van der Waals surface area contributed by atoms with Crippen molar-refractivity contribution in [3.8, 4) is 0 Å². The second-order valence-corrected chi connectivity index (χ2v) is 4.00. The number of hydrogen-bond donors (Lipinski definition) is 1. The van der Waals surface area contributed by atoms with Gasteiger partial charge in [0.15, 0.2) is 0 Å². The van der Waals surface area contributed by atoms with Gasteiger partial charge in [0, 0.05) is 13.1 Å². The van der Waals surface area contributed by atoms with Crippen molar-refractivity contribution >= 4 is 16.4 Å². The molecule has 1 saturated heterocycles. The molecule has 0 aliphatic carbocycles. The fraction of sp³-hybridized carbons (Fsp3) is 0.800. The Morgan fingerprint density at radius 3 is 2.25 bits per heavy atom. The highest BCUT2D eigenvalue weighted by molar-refractivity contribution is 7.84. The van der Waals surface area contributed by atoms with E-state index in [1.165, 1.54) is 0 Å². The number of nitrogens with two attached hydrogens (primary N) is 1. The number of carbonyl (C=O) groups excluding carboxylic acids is 1. The minimum Gasteiger partial charge on any atom is -0.334 e. The molecule has 1 aliphatic heterocycles. The number of carbonyl (C=O) groups is 1. The minimum atomic E-state index is -3.90. The number of rotatable bonds is 2. The molecule has 0 unspecified atom stereocenters. The fourth-order valence-corrected chi connectivity index (χ4v) is 2.09. The SMILES string of the molecule is NC(=O)OS(=O)(=O)N1CCCC1. The molecule has 0 spiro atoms. The normalized spacial score (nSPS) is 19.3. The third-order valence-electron chi connectivity index (χ3n) is 1.57. The third kappa shape index (κ3) is 2.08. The fourth-order valence-electron chi connectivity index (χ4n) is 1.07. The van der Waals surface area contributed by atoms with Gasteiger partial charge < -0.3 is 9.92 Å². The summed E-state index contributed by atoms with van der Waals surface area (Å²) in [5, 5.41) is 0. The Kier molecular flexibility index (Phi) is 2.53. The average molecular weight is 194 g/mol. The van der Waals surface area contributed by atoms with Crippen LogP contribution in [-0.2, 0) is 14.5 Å². The monoisotopic (exact) mass is 194 g/mol. The summed E-state index contributed by atoms with van der Waals surface area (Å²) in [5.41, 5.74) is 4.58. The zero-order valence-electron chi connectivity index (χ0n) is 6.39. The van der Waals surface area contributed by atoms with Gasteiger partial charge in [-0.25, -0.2) is 4.79 Å². The molecule has 2 N–H and O–H groups in total. The predicted octanol–water partition coefficient (Wildman–Crippen LogP) is -0.578. The van der Waals surface area contributed by atoms with Crippen molar-refractivity contribution in [1.82, 2.24) is 4.31 Å². The Hall–Kier alpha value is -0.820. The molecule has 12 heavy (non-hydrogen) atoms. The number of nitrogens with zero attached hydrogens (tertiary/aromatic N) is 1. The van der Waals surface area contributed by atoms with Crippen molar-refractivity contribution in [1.29, 1.82) is 0 Å². The van der Waals surface area contributed by atoms with Crippen molar-refractivity contribution in [2.45, 2.75) is 12.8 Å². The van der Waals surface area contributed by atoms with Gasteiger partial charge in [-0.2, -0.15) is 12.7 Å². The van der Waals surface area contributed by atoms with E-state index < -0.39 is 16.4 Å². The first-order valence-corrected chi connectivity index (χ1v) is 4.88. The smallest absolute Gasteiger partial charge is 0.334 e. The quantitative estimate of drug-likeness (QED) is 0.637. The molecule has 0 aromatic rings. The largest absolute Gasteiger partial charge is 0.421 e. The van der Waals surface area contributed by atoms with E-state index in [1.54, 1.807) is 0 Å². The van der Waals surface area contributed by atoms with E-state index in [9.17, 15) is 13.2 Å². The summed E-state index contributed by atoms with van der Waals surface area (Å²) in [7, 11) is -3.90. The second kappa shape index (κ2) is 3.28. The highest BCUT2D eigenvalue weighted by Gasteiger charge is 2.28. The Morgan fingerprint density at radius 2 is 1.83 bits per heavy atom. The van der Waals surface area contributed by atoms with Gasteiger partial charge in [-0.05, 0) is 12.8 Å². The molecule has 0 aromatic carbocycles. The van der Waals surface area contributed by atoms with E-state index in [0.29, 0.717) is 13.1 Å². The van der Waals surface area contributed by atoms with E-state index in [4.69, 9.17) is 0 Å². The first-order valence-electron chi connectivity index (χ1n) is 3.51. The first kappa shape index (κ1) is 9.27. The maximum Gasteiger partial charge on any atom is 0.421 e. The van der Waals surface area contributed by atoms with Crippen molar-refractivity contribution < 1.29 is 17.4 Å². The van der Waals surface area contributed by atoms with E-state index >= 15 is 0 Å². The minimum absolute atomic E-state index is 0.398. The maximum atomic E-state index is 11.0. The van der Waals surface area contributed by atoms with E-state index in [-0.39, 0.29) is 0 Å². The van der Waals surface area contributed by atoms with Crippen LogP contribution in [0.1, 0.15) is 12.8 Å². The lowest BCUT2D eigenvalue weighted by Crippen LogP contribution is -2.33. The molecular formula is C5H10N2O4S. The molecule has 0 bridgehead atoms. The highest BCUT2D eigenvalue weighted by Crippen LogP contribution is 2.13. The summed E-state index contributed by atoms with van der Waals surface area (Å²) in [6, 6.07) is 0. The lowest BCUT2D eigenvalue weighted by Gasteiger charge is -2.12. The van der Waals surface area contributed by atoms with Crippen LogP contribution in [0.4, 0.5) is 4.79 Å². The lowest BCUT2D eigenvalue weighted by atomic mass is 10.4. The van der Waals surface area contributed by atoms with Crippen LogP contribution in [0.3, 0.4) is 0 Å². The molecule has 7 heteroatoms. The van der Waals surface area contributed by atoms with Crippen LogP contribution in [0.15, 0.2) is 0 Å². The molecule has 1 rings (SSSR count). The molecule has 0 saturated carbocycles.